The van der Waals surface area contributed by atoms with Gasteiger partial charge in [0.1, 0.15) is 5.56 Å². The molecule has 0 spiro atoms. The number of nitro benzene ring substituents is 1. The minimum Gasteiger partial charge on any atom is -0.379 e. The van der Waals surface area contributed by atoms with Crippen LogP contribution in [0.4, 0.5) is 5.69 Å². The topological polar surface area (TPSA) is 75.9 Å². The van der Waals surface area contributed by atoms with E-state index in [0.717, 1.165) is 18.7 Å². The summed E-state index contributed by atoms with van der Waals surface area (Å²) >= 11 is 5.92. The number of halogens is 1. The molecule has 8 heteroatoms. The number of carbonyl (C=O) groups excluding carboxylic acids is 1. The highest BCUT2D eigenvalue weighted by atomic mass is 35.5. The molecule has 1 atom stereocenters. The molecular formula is C21H24ClN3O4. The van der Waals surface area contributed by atoms with Gasteiger partial charge in [-0.15, -0.1) is 0 Å². The second-order valence-electron chi connectivity index (χ2n) is 7.10. The maximum absolute atomic E-state index is 13.4. The van der Waals surface area contributed by atoms with E-state index in [1.165, 1.54) is 18.2 Å². The number of hydrogen-bond donors (Lipinski definition) is 0. The first kappa shape index (κ1) is 21.2. The molecule has 3 rings (SSSR count). The maximum atomic E-state index is 13.4. The zero-order valence-corrected chi connectivity index (χ0v) is 17.0. The van der Waals surface area contributed by atoms with Gasteiger partial charge in [-0.1, -0.05) is 41.9 Å². The zero-order valence-electron chi connectivity index (χ0n) is 16.3. The lowest BCUT2D eigenvalue weighted by atomic mass is 10.1. The molecule has 0 aromatic heterocycles. The Morgan fingerprint density at radius 3 is 2.59 bits per heavy atom. The van der Waals surface area contributed by atoms with E-state index >= 15 is 0 Å². The Bertz CT molecular complexity index is 856. The lowest BCUT2D eigenvalue weighted by Gasteiger charge is -2.35. The van der Waals surface area contributed by atoms with Crippen LogP contribution < -0.4 is 0 Å². The van der Waals surface area contributed by atoms with Gasteiger partial charge in [0.05, 0.1) is 18.1 Å². The molecule has 0 N–H and O–H groups in total. The summed E-state index contributed by atoms with van der Waals surface area (Å²) in [5.41, 5.74) is 0.731. The Balaban J connectivity index is 1.89. The molecular weight excluding hydrogens is 394 g/mol. The number of morpholine rings is 1. The number of nitro groups is 1. The third kappa shape index (κ3) is 5.53. The van der Waals surface area contributed by atoms with Crippen molar-refractivity contribution >= 4 is 23.2 Å². The molecule has 2 aromatic carbocycles. The van der Waals surface area contributed by atoms with E-state index in [2.05, 4.69) is 4.90 Å². The Morgan fingerprint density at radius 1 is 1.24 bits per heavy atom. The van der Waals surface area contributed by atoms with Crippen LogP contribution in [-0.4, -0.2) is 59.5 Å². The van der Waals surface area contributed by atoms with Gasteiger partial charge >= 0.3 is 0 Å². The summed E-state index contributed by atoms with van der Waals surface area (Å²) in [5, 5.41) is 11.7. The van der Waals surface area contributed by atoms with Crippen molar-refractivity contribution in [2.45, 2.75) is 19.5 Å². The molecule has 1 unspecified atom stereocenters. The normalized spacial score (nSPS) is 15.7. The lowest BCUT2D eigenvalue weighted by Crippen LogP contribution is -2.48. The van der Waals surface area contributed by atoms with E-state index < -0.39 is 4.92 Å². The SMILES string of the molecule is CC(CN1CCOCC1)N(Cc1ccccc1)C(=O)c1ccc(Cl)cc1[N+](=O)[O-]. The molecule has 154 valence electrons. The molecule has 1 saturated heterocycles. The van der Waals surface area contributed by atoms with Crippen LogP contribution in [0.25, 0.3) is 0 Å². The highest BCUT2D eigenvalue weighted by molar-refractivity contribution is 6.31. The van der Waals surface area contributed by atoms with E-state index in [9.17, 15) is 14.9 Å². The third-order valence-electron chi connectivity index (χ3n) is 5.00. The molecule has 0 aliphatic carbocycles. The number of carbonyl (C=O) groups is 1. The van der Waals surface area contributed by atoms with Crippen molar-refractivity contribution in [2.24, 2.45) is 0 Å². The molecule has 29 heavy (non-hydrogen) atoms. The van der Waals surface area contributed by atoms with Gasteiger partial charge in [0, 0.05) is 43.3 Å². The van der Waals surface area contributed by atoms with Gasteiger partial charge in [0.15, 0.2) is 0 Å². The summed E-state index contributed by atoms with van der Waals surface area (Å²) in [6, 6.07) is 13.6. The third-order valence-corrected chi connectivity index (χ3v) is 5.24. The predicted molar refractivity (Wildman–Crippen MR) is 111 cm³/mol. The number of rotatable bonds is 7. The minimum absolute atomic E-state index is 0.0455. The Morgan fingerprint density at radius 2 is 1.93 bits per heavy atom. The molecule has 1 heterocycles. The fraction of sp³-hybridized carbons (Fsp3) is 0.381. The Hall–Kier alpha value is -2.48. The van der Waals surface area contributed by atoms with Gasteiger partial charge in [0.25, 0.3) is 11.6 Å². The lowest BCUT2D eigenvalue weighted by molar-refractivity contribution is -0.385. The number of amides is 1. The largest absolute Gasteiger partial charge is 0.379 e. The second-order valence-corrected chi connectivity index (χ2v) is 7.54. The van der Waals surface area contributed by atoms with E-state index in [4.69, 9.17) is 16.3 Å². The standard InChI is InChI=1S/C21H24ClN3O4/c1-16(14-23-9-11-29-12-10-23)24(15-17-5-3-2-4-6-17)21(26)19-8-7-18(22)13-20(19)25(27)28/h2-8,13,16H,9-12,14-15H2,1H3. The zero-order chi connectivity index (χ0) is 20.8. The Kier molecular flexibility index (Phi) is 7.19. The van der Waals surface area contributed by atoms with E-state index in [1.54, 1.807) is 4.90 Å². The van der Waals surface area contributed by atoms with Crippen LogP contribution in [0.5, 0.6) is 0 Å². The fourth-order valence-electron chi connectivity index (χ4n) is 3.46. The predicted octanol–water partition coefficient (Wildman–Crippen LogP) is 3.61. The van der Waals surface area contributed by atoms with E-state index in [-0.39, 0.29) is 28.2 Å². The van der Waals surface area contributed by atoms with Gasteiger partial charge < -0.3 is 9.64 Å². The quantitative estimate of drug-likeness (QED) is 0.508. The van der Waals surface area contributed by atoms with Crippen molar-refractivity contribution in [3.8, 4) is 0 Å². The molecule has 7 nitrogen and oxygen atoms in total. The monoisotopic (exact) mass is 417 g/mol. The van der Waals surface area contributed by atoms with Crippen LogP contribution in [0, 0.1) is 10.1 Å². The summed E-state index contributed by atoms with van der Waals surface area (Å²) in [4.78, 5) is 28.3. The summed E-state index contributed by atoms with van der Waals surface area (Å²) in [7, 11) is 0. The number of benzene rings is 2. The van der Waals surface area contributed by atoms with Crippen molar-refractivity contribution in [2.75, 3.05) is 32.8 Å². The maximum Gasteiger partial charge on any atom is 0.283 e. The molecule has 0 bridgehead atoms. The van der Waals surface area contributed by atoms with Crippen LogP contribution in [0.1, 0.15) is 22.8 Å². The summed E-state index contributed by atoms with van der Waals surface area (Å²) in [6.45, 7) is 5.95. The van der Waals surface area contributed by atoms with Crippen molar-refractivity contribution in [1.82, 2.24) is 9.80 Å². The van der Waals surface area contributed by atoms with Gasteiger partial charge in [0.2, 0.25) is 0 Å². The van der Waals surface area contributed by atoms with E-state index in [1.807, 2.05) is 37.3 Å². The second kappa shape index (κ2) is 9.82. The molecule has 1 aliphatic rings. The molecule has 2 aromatic rings. The van der Waals surface area contributed by atoms with Gasteiger partial charge in [-0.25, -0.2) is 0 Å². The van der Waals surface area contributed by atoms with Crippen LogP contribution >= 0.6 is 11.6 Å². The highest BCUT2D eigenvalue weighted by Crippen LogP contribution is 2.26. The molecule has 1 aliphatic heterocycles. The van der Waals surface area contributed by atoms with Crippen molar-refractivity contribution < 1.29 is 14.5 Å². The molecule has 0 radical (unpaired) electrons. The van der Waals surface area contributed by atoms with Crippen LogP contribution in [-0.2, 0) is 11.3 Å². The summed E-state index contributed by atoms with van der Waals surface area (Å²) < 4.78 is 5.40. The first-order valence-electron chi connectivity index (χ1n) is 9.54. The van der Waals surface area contributed by atoms with Gasteiger partial charge in [-0.05, 0) is 24.6 Å². The average molecular weight is 418 g/mol. The first-order valence-corrected chi connectivity index (χ1v) is 9.92. The summed E-state index contributed by atoms with van der Waals surface area (Å²) in [5.74, 6) is -0.377. The van der Waals surface area contributed by atoms with Crippen LogP contribution in [0.3, 0.4) is 0 Å². The van der Waals surface area contributed by atoms with Crippen LogP contribution in [0.15, 0.2) is 48.5 Å². The molecule has 0 saturated carbocycles. The number of ether oxygens (including phenoxy) is 1. The highest BCUT2D eigenvalue weighted by Gasteiger charge is 2.29. The number of hydrogen-bond acceptors (Lipinski definition) is 5. The minimum atomic E-state index is -0.563. The average Bonchev–Trinajstić information content (AvgIpc) is 2.73. The van der Waals surface area contributed by atoms with E-state index in [0.29, 0.717) is 26.3 Å². The molecule has 1 fully saturated rings. The van der Waals surface area contributed by atoms with Crippen molar-refractivity contribution in [3.63, 3.8) is 0 Å². The van der Waals surface area contributed by atoms with Gasteiger partial charge in [-0.2, -0.15) is 0 Å². The summed E-state index contributed by atoms with van der Waals surface area (Å²) in [6.07, 6.45) is 0. The van der Waals surface area contributed by atoms with Crippen molar-refractivity contribution in [3.05, 3.63) is 74.8 Å². The smallest absolute Gasteiger partial charge is 0.283 e. The first-order chi connectivity index (χ1) is 14.0. The Labute approximate surface area is 175 Å². The van der Waals surface area contributed by atoms with Gasteiger partial charge in [-0.3, -0.25) is 19.8 Å². The molecule has 1 amide bonds. The fourth-order valence-corrected chi connectivity index (χ4v) is 3.62. The van der Waals surface area contributed by atoms with Crippen molar-refractivity contribution in [1.29, 1.82) is 0 Å². The van der Waals surface area contributed by atoms with Crippen LogP contribution in [0.2, 0.25) is 5.02 Å². The number of nitrogens with zero attached hydrogens (tertiary/aromatic N) is 3.